The molecule has 9 nitrogen and oxygen atoms in total. The molecule has 4 heterocycles. The molecule has 1 unspecified atom stereocenters. The summed E-state index contributed by atoms with van der Waals surface area (Å²) in [6, 6.07) is 3.76. The lowest BCUT2D eigenvalue weighted by Gasteiger charge is -2.40. The largest absolute Gasteiger partial charge is 0.481 e. The Bertz CT molecular complexity index is 1120. The van der Waals surface area contributed by atoms with Crippen LogP contribution in [0.1, 0.15) is 62.9 Å². The number of nitrogens with one attached hydrogen (secondary N) is 3. The third-order valence-corrected chi connectivity index (χ3v) is 7.98. The highest BCUT2D eigenvalue weighted by molar-refractivity contribution is 5.94. The van der Waals surface area contributed by atoms with Crippen LogP contribution in [0.15, 0.2) is 18.3 Å². The Kier molecular flexibility index (Phi) is 6.72. The van der Waals surface area contributed by atoms with E-state index in [2.05, 4.69) is 39.7 Å². The number of H-pyrrole nitrogens is 1. The van der Waals surface area contributed by atoms with Crippen molar-refractivity contribution in [3.63, 3.8) is 0 Å². The minimum Gasteiger partial charge on any atom is -0.481 e. The maximum atomic E-state index is 14.3. The van der Waals surface area contributed by atoms with Gasteiger partial charge in [-0.25, -0.2) is 9.37 Å². The Morgan fingerprint density at radius 1 is 1.25 bits per heavy atom. The van der Waals surface area contributed by atoms with Crippen molar-refractivity contribution in [1.82, 2.24) is 30.7 Å². The van der Waals surface area contributed by atoms with E-state index >= 15 is 0 Å². The number of halogens is 1. The van der Waals surface area contributed by atoms with Crippen LogP contribution >= 0.6 is 0 Å². The van der Waals surface area contributed by atoms with Gasteiger partial charge in [0.05, 0.1) is 19.0 Å². The Morgan fingerprint density at radius 2 is 2.00 bits per heavy atom. The second-order valence-electron chi connectivity index (χ2n) is 10.8. The fourth-order valence-corrected chi connectivity index (χ4v) is 6.02. The van der Waals surface area contributed by atoms with Gasteiger partial charge in [-0.2, -0.15) is 5.10 Å². The maximum absolute atomic E-state index is 14.3. The maximum Gasteiger partial charge on any atom is 0.272 e. The first kappa shape index (κ1) is 24.7. The summed E-state index contributed by atoms with van der Waals surface area (Å²) in [5.41, 5.74) is 0.747. The van der Waals surface area contributed by atoms with Crippen molar-refractivity contribution in [2.45, 2.75) is 70.0 Å². The summed E-state index contributed by atoms with van der Waals surface area (Å²) in [4.78, 5) is 32.0. The van der Waals surface area contributed by atoms with E-state index in [0.717, 1.165) is 44.7 Å². The van der Waals surface area contributed by atoms with E-state index in [1.807, 2.05) is 4.90 Å². The number of hydrogen-bond acceptors (Lipinski definition) is 6. The van der Waals surface area contributed by atoms with E-state index in [4.69, 9.17) is 4.74 Å². The molecular weight excluding hydrogens is 463 g/mol. The normalized spacial score (nSPS) is 27.1. The number of carbonyl (C=O) groups is 2. The van der Waals surface area contributed by atoms with E-state index < -0.39 is 5.82 Å². The number of rotatable bonds is 6. The van der Waals surface area contributed by atoms with Crippen LogP contribution in [-0.4, -0.2) is 69.7 Å². The first-order valence-electron chi connectivity index (χ1n) is 12.9. The molecule has 10 heteroatoms. The summed E-state index contributed by atoms with van der Waals surface area (Å²) in [7, 11) is 1.46. The lowest BCUT2D eigenvalue weighted by molar-refractivity contribution is -0.126. The standard InChI is InChI=1S/C26H35FN6O3/c1-15-8-18(9-16(2)30-15)24(34)29-13-17-4-7-33(26(12-17)5-6-26)25(35)22-11-21(31-32-22)19-10-23(36-3)28-14-20(19)27/h10-11,14-18,30H,4-9,12-13H2,1-3H3,(H,29,34)(H,31,32)/t15-,16+,17-,18?/m0/s1. The third kappa shape index (κ3) is 4.96. The first-order chi connectivity index (χ1) is 17.3. The van der Waals surface area contributed by atoms with Gasteiger partial charge in [-0.15, -0.1) is 0 Å². The summed E-state index contributed by atoms with van der Waals surface area (Å²) in [5.74, 6) is 0.200. The monoisotopic (exact) mass is 498 g/mol. The molecule has 3 aliphatic rings. The van der Waals surface area contributed by atoms with E-state index in [1.165, 1.54) is 13.2 Å². The molecule has 1 spiro atoms. The Balaban J connectivity index is 1.20. The molecule has 1 aliphatic carbocycles. The highest BCUT2D eigenvalue weighted by Crippen LogP contribution is 2.50. The van der Waals surface area contributed by atoms with Crippen LogP contribution in [0, 0.1) is 17.7 Å². The summed E-state index contributed by atoms with van der Waals surface area (Å²) < 4.78 is 19.4. The molecule has 2 amide bonds. The lowest BCUT2D eigenvalue weighted by atomic mass is 9.86. The van der Waals surface area contributed by atoms with E-state index in [9.17, 15) is 14.0 Å². The number of ether oxygens (including phenoxy) is 1. The molecule has 4 atom stereocenters. The second kappa shape index (κ2) is 9.80. The molecule has 2 aliphatic heterocycles. The predicted octanol–water partition coefficient (Wildman–Crippen LogP) is 2.90. The fraction of sp³-hybridized carbons (Fsp3) is 0.615. The van der Waals surface area contributed by atoms with Gasteiger partial charge in [0.1, 0.15) is 5.69 Å². The van der Waals surface area contributed by atoms with Crippen molar-refractivity contribution >= 4 is 11.8 Å². The second-order valence-corrected chi connectivity index (χ2v) is 10.8. The molecule has 3 fully saturated rings. The Hall–Kier alpha value is -3.01. The van der Waals surface area contributed by atoms with Gasteiger partial charge in [-0.05, 0) is 64.4 Å². The number of amides is 2. The minimum absolute atomic E-state index is 0.0626. The van der Waals surface area contributed by atoms with E-state index in [-0.39, 0.29) is 34.7 Å². The summed E-state index contributed by atoms with van der Waals surface area (Å²) in [5, 5.41) is 13.7. The van der Waals surface area contributed by atoms with Gasteiger partial charge in [0.25, 0.3) is 5.91 Å². The highest BCUT2D eigenvalue weighted by Gasteiger charge is 2.53. The summed E-state index contributed by atoms with van der Waals surface area (Å²) in [6.45, 7) is 5.55. The van der Waals surface area contributed by atoms with Gasteiger partial charge in [0.2, 0.25) is 11.8 Å². The van der Waals surface area contributed by atoms with Gasteiger partial charge < -0.3 is 20.3 Å². The molecule has 0 radical (unpaired) electrons. The number of nitrogens with zero attached hydrogens (tertiary/aromatic N) is 3. The van der Waals surface area contributed by atoms with Crippen LogP contribution in [-0.2, 0) is 4.79 Å². The van der Waals surface area contributed by atoms with E-state index in [0.29, 0.717) is 42.5 Å². The van der Waals surface area contributed by atoms with Crippen LogP contribution in [0.4, 0.5) is 4.39 Å². The Labute approximate surface area is 210 Å². The summed E-state index contributed by atoms with van der Waals surface area (Å²) >= 11 is 0. The molecule has 36 heavy (non-hydrogen) atoms. The molecule has 2 saturated heterocycles. The van der Waals surface area contributed by atoms with Crippen molar-refractivity contribution in [2.75, 3.05) is 20.2 Å². The molecule has 3 N–H and O–H groups in total. The molecule has 0 bridgehead atoms. The smallest absolute Gasteiger partial charge is 0.272 e. The van der Waals surface area contributed by atoms with E-state index in [1.54, 1.807) is 6.07 Å². The van der Waals surface area contributed by atoms with Crippen molar-refractivity contribution in [2.24, 2.45) is 11.8 Å². The zero-order chi connectivity index (χ0) is 25.4. The van der Waals surface area contributed by atoms with Gasteiger partial charge in [-0.1, -0.05) is 0 Å². The highest BCUT2D eigenvalue weighted by atomic mass is 19.1. The molecule has 0 aromatic carbocycles. The first-order valence-corrected chi connectivity index (χ1v) is 12.9. The number of hydrogen-bond donors (Lipinski definition) is 3. The van der Waals surface area contributed by atoms with Crippen molar-refractivity contribution in [3.8, 4) is 17.1 Å². The number of aromatic amines is 1. The zero-order valence-electron chi connectivity index (χ0n) is 21.1. The average Bonchev–Trinajstić information content (AvgIpc) is 3.43. The van der Waals surface area contributed by atoms with Crippen LogP contribution in [0.5, 0.6) is 5.88 Å². The minimum atomic E-state index is -0.531. The van der Waals surface area contributed by atoms with Gasteiger partial charge >= 0.3 is 0 Å². The molecule has 2 aromatic heterocycles. The van der Waals surface area contributed by atoms with Crippen molar-refractivity contribution in [3.05, 3.63) is 29.8 Å². The number of aromatic nitrogens is 3. The summed E-state index contributed by atoms with van der Waals surface area (Å²) in [6.07, 6.45) is 6.47. The molecule has 2 aromatic rings. The number of pyridine rings is 1. The van der Waals surface area contributed by atoms with Crippen LogP contribution < -0.4 is 15.4 Å². The quantitative estimate of drug-likeness (QED) is 0.565. The molecular formula is C26H35FN6O3. The Morgan fingerprint density at radius 3 is 2.69 bits per heavy atom. The van der Waals surface area contributed by atoms with Gasteiger partial charge in [0.15, 0.2) is 5.82 Å². The fourth-order valence-electron chi connectivity index (χ4n) is 6.02. The molecule has 1 saturated carbocycles. The predicted molar refractivity (Wildman–Crippen MR) is 132 cm³/mol. The van der Waals surface area contributed by atoms with Crippen LogP contribution in [0.2, 0.25) is 0 Å². The third-order valence-electron chi connectivity index (χ3n) is 7.98. The lowest BCUT2D eigenvalue weighted by Crippen LogP contribution is -2.51. The number of likely N-dealkylation sites (tertiary alicyclic amines) is 1. The van der Waals surface area contributed by atoms with Crippen molar-refractivity contribution in [1.29, 1.82) is 0 Å². The number of carbonyl (C=O) groups excluding carboxylic acids is 2. The average molecular weight is 499 g/mol. The van der Waals surface area contributed by atoms with Gasteiger partial charge in [0, 0.05) is 48.3 Å². The zero-order valence-corrected chi connectivity index (χ0v) is 21.1. The van der Waals surface area contributed by atoms with Crippen LogP contribution in [0.3, 0.4) is 0 Å². The molecule has 5 rings (SSSR count). The number of piperidine rings is 2. The molecule has 194 valence electrons. The van der Waals surface area contributed by atoms with Crippen LogP contribution in [0.25, 0.3) is 11.3 Å². The SMILES string of the molecule is COc1cc(-c2cc(C(=O)N3CC[C@H](CNC(=O)C4C[C@@H](C)N[C@@H](C)C4)CC34CC4)[nH]n2)c(F)cn1. The van der Waals surface area contributed by atoms with Gasteiger partial charge in [-0.3, -0.25) is 14.7 Å². The number of methoxy groups -OCH3 is 1. The van der Waals surface area contributed by atoms with Crippen molar-refractivity contribution < 1.29 is 18.7 Å². The topological polar surface area (TPSA) is 112 Å².